The first-order valence-electron chi connectivity index (χ1n) is 21.8. The summed E-state index contributed by atoms with van der Waals surface area (Å²) in [6.07, 6.45) is 54.6. The van der Waals surface area contributed by atoms with Crippen LogP contribution in [0.2, 0.25) is 0 Å². The minimum atomic E-state index is -0.977. The molecule has 1 N–H and O–H groups in total. The second-order valence-corrected chi connectivity index (χ2v) is 15.2. The van der Waals surface area contributed by atoms with E-state index < -0.39 is 5.79 Å². The van der Waals surface area contributed by atoms with Gasteiger partial charge in [0.25, 0.3) is 0 Å². The molecule has 1 fully saturated rings. The molecule has 2 atom stereocenters. The summed E-state index contributed by atoms with van der Waals surface area (Å²) >= 11 is 0. The van der Waals surface area contributed by atoms with Gasteiger partial charge in [0.15, 0.2) is 5.79 Å². The van der Waals surface area contributed by atoms with Crippen LogP contribution in [0.15, 0.2) is 73.1 Å². The van der Waals surface area contributed by atoms with Crippen LogP contribution in [0.3, 0.4) is 0 Å². The first-order chi connectivity index (χ1) is 25.1. The molecule has 0 saturated carbocycles. The lowest BCUT2D eigenvalue weighted by atomic mass is 9.98. The summed E-state index contributed by atoms with van der Waals surface area (Å²) in [5, 5.41) is 11.8. The van der Waals surface area contributed by atoms with Crippen LogP contribution in [0.1, 0.15) is 186 Å². The highest BCUT2D eigenvalue weighted by atomic mass is 16.6. The maximum atomic E-state index is 11.8. The van der Waals surface area contributed by atoms with Crippen molar-refractivity contribution in [1.82, 2.24) is 9.88 Å². The van der Waals surface area contributed by atoms with E-state index >= 15 is 0 Å². The molecule has 0 aromatic carbocycles. The Morgan fingerprint density at radius 3 is 1.73 bits per heavy atom. The maximum Gasteiger partial charge on any atom is 0.165 e. The lowest BCUT2D eigenvalue weighted by molar-refractivity contribution is -0.236. The van der Waals surface area contributed by atoms with Gasteiger partial charge in [-0.15, -0.1) is 0 Å². The Balaban J connectivity index is 1.63. The van der Waals surface area contributed by atoms with Crippen molar-refractivity contribution in [3.05, 3.63) is 78.7 Å². The maximum absolute atomic E-state index is 11.8. The second kappa shape index (κ2) is 32.6. The van der Waals surface area contributed by atoms with Crippen molar-refractivity contribution in [3.63, 3.8) is 0 Å². The Morgan fingerprint density at radius 2 is 1.20 bits per heavy atom. The molecule has 0 bridgehead atoms. The molecule has 0 spiro atoms. The average molecular weight is 705 g/mol. The number of rotatable bonds is 34. The van der Waals surface area contributed by atoms with Gasteiger partial charge in [0.2, 0.25) is 0 Å². The Hall–Kier alpha value is -2.01. The largest absolute Gasteiger partial charge is 0.365 e. The van der Waals surface area contributed by atoms with Crippen molar-refractivity contribution in [1.29, 1.82) is 0 Å². The summed E-state index contributed by atoms with van der Waals surface area (Å²) in [5.74, 6) is -0.977. The lowest BCUT2D eigenvalue weighted by Crippen LogP contribution is -2.38. The summed E-state index contributed by atoms with van der Waals surface area (Å²) in [7, 11) is 0. The summed E-state index contributed by atoms with van der Waals surface area (Å²) < 4.78 is 6.60. The van der Waals surface area contributed by atoms with Crippen LogP contribution in [0.5, 0.6) is 0 Å². The minimum Gasteiger partial charge on any atom is -0.365 e. The number of aliphatic hydroxyl groups is 1. The highest BCUT2D eigenvalue weighted by Crippen LogP contribution is 2.29. The first-order valence-corrected chi connectivity index (χ1v) is 21.8. The molecular formula is C47H80N2O2. The molecule has 1 aliphatic rings. The van der Waals surface area contributed by atoms with E-state index in [1.807, 2.05) is 18.5 Å². The van der Waals surface area contributed by atoms with E-state index in [2.05, 4.69) is 78.4 Å². The number of hydrogen-bond acceptors (Lipinski definition) is 4. The molecular weight excluding hydrogens is 625 g/mol. The number of allylic oxidation sites excluding steroid dienone is 8. The van der Waals surface area contributed by atoms with Crippen LogP contribution in [-0.2, 0) is 11.2 Å². The van der Waals surface area contributed by atoms with Crippen molar-refractivity contribution >= 4 is 0 Å². The van der Waals surface area contributed by atoms with Crippen LogP contribution in [0.4, 0.5) is 0 Å². The van der Waals surface area contributed by atoms with Crippen LogP contribution in [0.25, 0.3) is 0 Å². The second-order valence-electron chi connectivity index (χ2n) is 15.2. The predicted octanol–water partition coefficient (Wildman–Crippen LogP) is 13.4. The molecule has 0 aliphatic carbocycles. The van der Waals surface area contributed by atoms with Gasteiger partial charge in [-0.05, 0) is 95.1 Å². The Bertz CT molecular complexity index is 1020. The minimum absolute atomic E-state index is 0.133. The van der Waals surface area contributed by atoms with Crippen LogP contribution < -0.4 is 0 Å². The van der Waals surface area contributed by atoms with Gasteiger partial charge < -0.3 is 14.7 Å². The molecule has 1 saturated heterocycles. The molecule has 0 amide bonds. The van der Waals surface area contributed by atoms with Gasteiger partial charge in [0.05, 0.1) is 6.10 Å². The zero-order chi connectivity index (χ0) is 36.3. The van der Waals surface area contributed by atoms with Gasteiger partial charge >= 0.3 is 0 Å². The number of nitrogens with zero attached hydrogens (tertiary/aromatic N) is 2. The van der Waals surface area contributed by atoms with Gasteiger partial charge in [-0.2, -0.15) is 0 Å². The highest BCUT2D eigenvalue weighted by Gasteiger charge is 2.33. The molecule has 1 aromatic rings. The van der Waals surface area contributed by atoms with Gasteiger partial charge in [-0.3, -0.25) is 4.98 Å². The zero-order valence-corrected chi connectivity index (χ0v) is 33.5. The fourth-order valence-electron chi connectivity index (χ4n) is 7.07. The molecule has 1 aliphatic heterocycles. The van der Waals surface area contributed by atoms with E-state index in [9.17, 15) is 5.11 Å². The quantitative estimate of drug-likeness (QED) is 0.0441. The standard InChI is InChI=1S/C47H80N2O2/c1-3-5-7-9-11-13-15-17-19-21-23-25-27-29-31-33-39-47(50,51-46-37-42-49(44-46)41-36-45-35-34-40-48-43-45)38-32-30-28-26-24-22-20-18-16-14-12-10-8-6-4-2/h10-13,16-19,34-35,40,43,46,50H,3-9,14-15,20-33,36-39,41-42,44H2,1-2H3/b12-10+,13-11-,18-16-,19-17-. The predicted molar refractivity (Wildman–Crippen MR) is 222 cm³/mol. The van der Waals surface area contributed by atoms with E-state index in [1.165, 1.54) is 128 Å². The van der Waals surface area contributed by atoms with E-state index in [0.717, 1.165) is 71.0 Å². The fourth-order valence-corrected chi connectivity index (χ4v) is 7.07. The lowest BCUT2D eigenvalue weighted by Gasteiger charge is -2.32. The Labute approximate surface area is 316 Å². The monoisotopic (exact) mass is 705 g/mol. The van der Waals surface area contributed by atoms with Crippen LogP contribution in [-0.4, -0.2) is 46.5 Å². The number of unbranched alkanes of at least 4 members (excludes halogenated alkanes) is 17. The molecule has 0 radical (unpaired) electrons. The highest BCUT2D eigenvalue weighted by molar-refractivity contribution is 5.08. The third-order valence-electron chi connectivity index (χ3n) is 10.3. The van der Waals surface area contributed by atoms with Crippen molar-refractivity contribution < 1.29 is 9.84 Å². The number of ether oxygens (including phenoxy) is 1. The Morgan fingerprint density at radius 1 is 0.686 bits per heavy atom. The number of pyridine rings is 1. The topological polar surface area (TPSA) is 45.6 Å². The van der Waals surface area contributed by atoms with E-state index in [0.29, 0.717) is 0 Å². The molecule has 4 nitrogen and oxygen atoms in total. The van der Waals surface area contributed by atoms with Gasteiger partial charge in [-0.1, -0.05) is 146 Å². The molecule has 2 unspecified atom stereocenters. The molecule has 1 aromatic heterocycles. The molecule has 2 heterocycles. The van der Waals surface area contributed by atoms with E-state index in [4.69, 9.17) is 4.74 Å². The van der Waals surface area contributed by atoms with Crippen LogP contribution >= 0.6 is 0 Å². The van der Waals surface area contributed by atoms with Gasteiger partial charge in [0, 0.05) is 44.9 Å². The van der Waals surface area contributed by atoms with Gasteiger partial charge in [-0.25, -0.2) is 0 Å². The summed E-state index contributed by atoms with van der Waals surface area (Å²) in [6, 6.07) is 4.18. The Kier molecular flexibility index (Phi) is 28.9. The van der Waals surface area contributed by atoms with E-state index in [-0.39, 0.29) is 6.10 Å². The fraction of sp³-hybridized carbons (Fsp3) is 0.723. The normalized spacial score (nSPS) is 16.9. The summed E-state index contributed by atoms with van der Waals surface area (Å²) in [5.41, 5.74) is 1.29. The van der Waals surface area contributed by atoms with Crippen molar-refractivity contribution in [3.8, 4) is 0 Å². The van der Waals surface area contributed by atoms with Crippen molar-refractivity contribution in [2.45, 2.75) is 199 Å². The zero-order valence-electron chi connectivity index (χ0n) is 33.5. The molecule has 51 heavy (non-hydrogen) atoms. The third kappa shape index (κ3) is 26.4. The third-order valence-corrected chi connectivity index (χ3v) is 10.3. The molecule has 4 heteroatoms. The van der Waals surface area contributed by atoms with Crippen molar-refractivity contribution in [2.24, 2.45) is 0 Å². The number of aromatic nitrogens is 1. The van der Waals surface area contributed by atoms with Gasteiger partial charge in [0.1, 0.15) is 0 Å². The SMILES string of the molecule is CCCC/C=C/C/C=C\CCCCCCCCC(O)(CCCCCCCC/C=C\C/C=C\CCCCC)OC1CCN(CCc2cccnc2)C1. The average Bonchev–Trinajstić information content (AvgIpc) is 3.59. The molecule has 290 valence electrons. The summed E-state index contributed by atoms with van der Waals surface area (Å²) in [6.45, 7) is 7.52. The number of likely N-dealkylation sites (tertiary alicyclic amines) is 1. The molecule has 2 rings (SSSR count). The number of hydrogen-bond donors (Lipinski definition) is 1. The van der Waals surface area contributed by atoms with E-state index in [1.54, 1.807) is 0 Å². The smallest absolute Gasteiger partial charge is 0.165 e. The van der Waals surface area contributed by atoms with Crippen molar-refractivity contribution in [2.75, 3.05) is 19.6 Å². The summed E-state index contributed by atoms with van der Waals surface area (Å²) in [4.78, 5) is 6.77. The first kappa shape index (κ1) is 45.1. The van der Waals surface area contributed by atoms with Crippen LogP contribution in [0, 0.1) is 0 Å².